The molecule has 2 aromatic rings. The predicted octanol–water partition coefficient (Wildman–Crippen LogP) is 2.26. The molecule has 3 aliphatic rings. The fourth-order valence-electron chi connectivity index (χ4n) is 5.55. The van der Waals surface area contributed by atoms with Gasteiger partial charge in [0.05, 0.1) is 12.0 Å². The maximum Gasteiger partial charge on any atom is 0.407 e. The Bertz CT molecular complexity index is 1070. The lowest BCUT2D eigenvalue weighted by molar-refractivity contribution is -0.146. The molecule has 2 amide bonds. The Balaban J connectivity index is 1.15. The Morgan fingerprint density at radius 1 is 1.03 bits per heavy atom. The van der Waals surface area contributed by atoms with Gasteiger partial charge in [-0.15, -0.1) is 0 Å². The van der Waals surface area contributed by atoms with Gasteiger partial charge in [0.2, 0.25) is 5.91 Å². The van der Waals surface area contributed by atoms with Gasteiger partial charge in [-0.2, -0.15) is 0 Å². The van der Waals surface area contributed by atoms with Crippen LogP contribution in [-0.4, -0.2) is 53.5 Å². The van der Waals surface area contributed by atoms with Gasteiger partial charge in [0, 0.05) is 12.0 Å². The van der Waals surface area contributed by atoms with Crippen molar-refractivity contribution in [1.82, 2.24) is 10.6 Å². The molecule has 1 unspecified atom stereocenters. The highest BCUT2D eigenvalue weighted by atomic mass is 16.5. The minimum atomic E-state index is -1.63. The van der Waals surface area contributed by atoms with Gasteiger partial charge in [0.1, 0.15) is 6.61 Å². The highest BCUT2D eigenvalue weighted by molar-refractivity contribution is 5.87. The predicted molar refractivity (Wildman–Crippen MR) is 118 cm³/mol. The summed E-state index contributed by atoms with van der Waals surface area (Å²) in [5.74, 6) is -1.50. The summed E-state index contributed by atoms with van der Waals surface area (Å²) in [7, 11) is 0. The van der Waals surface area contributed by atoms with Crippen molar-refractivity contribution in [3.05, 3.63) is 59.7 Å². The highest BCUT2D eigenvalue weighted by Gasteiger charge is 2.65. The summed E-state index contributed by atoms with van der Waals surface area (Å²) in [5, 5.41) is 23.5. The molecule has 0 radical (unpaired) electrons. The normalized spacial score (nSPS) is 25.4. The second-order valence-electron chi connectivity index (χ2n) is 9.23. The van der Waals surface area contributed by atoms with E-state index in [9.17, 15) is 19.5 Å². The van der Waals surface area contributed by atoms with Crippen molar-refractivity contribution < 1.29 is 29.3 Å². The highest BCUT2D eigenvalue weighted by Crippen LogP contribution is 2.63. The number of benzene rings is 2. The molecule has 0 bridgehead atoms. The number of aliphatic hydroxyl groups is 1. The first-order valence-corrected chi connectivity index (χ1v) is 11.2. The lowest BCUT2D eigenvalue weighted by Crippen LogP contribution is -2.41. The third kappa shape index (κ3) is 3.84. The molecule has 0 saturated heterocycles. The number of hydrogen-bond acceptors (Lipinski definition) is 5. The number of alkyl carbamates (subject to hydrolysis) is 1. The average Bonchev–Trinajstić information content (AvgIpc) is 3.24. The van der Waals surface area contributed by atoms with E-state index in [4.69, 9.17) is 9.84 Å². The molecular weight excluding hydrogens is 424 g/mol. The monoisotopic (exact) mass is 450 g/mol. The standard InChI is InChI=1S/C25H26N2O6/c28-21(22(29)30)12-26-23(31)25-10-14(25)9-15(11-25)27-24(32)33-13-20-18-7-3-1-5-16(18)17-6-2-4-8-19(17)20/h1-8,14-15,20-21,28H,9-13H2,(H,26,31)(H,27,32)(H,29,30)/t14-,15+,21?,25+/m0/s1. The van der Waals surface area contributed by atoms with Crippen LogP contribution < -0.4 is 10.6 Å². The Hall–Kier alpha value is -3.39. The molecular formula is C25H26N2O6. The first-order chi connectivity index (χ1) is 15.9. The van der Waals surface area contributed by atoms with Crippen LogP contribution in [0.5, 0.6) is 0 Å². The van der Waals surface area contributed by atoms with Crippen molar-refractivity contribution in [3.8, 4) is 11.1 Å². The van der Waals surface area contributed by atoms with E-state index >= 15 is 0 Å². The third-order valence-electron chi connectivity index (χ3n) is 7.27. The summed E-state index contributed by atoms with van der Waals surface area (Å²) >= 11 is 0. The number of aliphatic hydroxyl groups excluding tert-OH is 1. The van der Waals surface area contributed by atoms with Crippen molar-refractivity contribution in [2.45, 2.75) is 37.3 Å². The molecule has 33 heavy (non-hydrogen) atoms. The Labute approximate surface area is 191 Å². The quantitative estimate of drug-likeness (QED) is 0.513. The van der Waals surface area contributed by atoms with E-state index in [-0.39, 0.29) is 36.9 Å². The zero-order valence-electron chi connectivity index (χ0n) is 18.0. The molecule has 3 aliphatic carbocycles. The van der Waals surface area contributed by atoms with Gasteiger partial charge in [-0.25, -0.2) is 9.59 Å². The van der Waals surface area contributed by atoms with Crippen molar-refractivity contribution in [2.24, 2.45) is 11.3 Å². The summed E-state index contributed by atoms with van der Waals surface area (Å²) in [6, 6.07) is 16.1. The number of nitrogens with one attached hydrogen (secondary N) is 2. The third-order valence-corrected chi connectivity index (χ3v) is 7.27. The minimum absolute atomic E-state index is 0.0158. The topological polar surface area (TPSA) is 125 Å². The van der Waals surface area contributed by atoms with Gasteiger partial charge in [-0.1, -0.05) is 48.5 Å². The van der Waals surface area contributed by atoms with E-state index in [1.165, 1.54) is 11.1 Å². The largest absolute Gasteiger partial charge is 0.479 e. The summed E-state index contributed by atoms with van der Waals surface area (Å²) in [6.45, 7) is -0.0954. The second kappa shape index (κ2) is 8.19. The lowest BCUT2D eigenvalue weighted by atomic mass is 9.98. The molecule has 2 aromatic carbocycles. The number of ether oxygens (including phenoxy) is 1. The summed E-state index contributed by atoms with van der Waals surface area (Å²) in [4.78, 5) is 35.8. The van der Waals surface area contributed by atoms with Crippen molar-refractivity contribution in [2.75, 3.05) is 13.2 Å². The molecule has 0 heterocycles. The SMILES string of the molecule is O=C(N[C@@H]1C[C@H]2C[C@@]2(C(=O)NCC(O)C(=O)O)C1)OCC1c2ccccc2-c2ccccc21. The number of carbonyl (C=O) groups excluding carboxylic acids is 2. The number of carbonyl (C=O) groups is 3. The summed E-state index contributed by atoms with van der Waals surface area (Å²) < 4.78 is 5.60. The van der Waals surface area contributed by atoms with Crippen LogP contribution in [0.3, 0.4) is 0 Å². The minimum Gasteiger partial charge on any atom is -0.479 e. The zero-order chi connectivity index (χ0) is 23.2. The Morgan fingerprint density at radius 2 is 1.67 bits per heavy atom. The van der Waals surface area contributed by atoms with E-state index in [0.29, 0.717) is 19.3 Å². The van der Waals surface area contributed by atoms with Gasteiger partial charge >= 0.3 is 12.1 Å². The number of amides is 2. The van der Waals surface area contributed by atoms with Gasteiger partial charge < -0.3 is 25.6 Å². The van der Waals surface area contributed by atoms with Crippen LogP contribution in [0.4, 0.5) is 4.79 Å². The first kappa shape index (κ1) is 21.5. The van der Waals surface area contributed by atoms with Crippen LogP contribution in [0.25, 0.3) is 11.1 Å². The number of aliphatic carboxylic acids is 1. The van der Waals surface area contributed by atoms with Gasteiger partial charge in [0.25, 0.3) is 0 Å². The smallest absolute Gasteiger partial charge is 0.407 e. The molecule has 172 valence electrons. The van der Waals surface area contributed by atoms with Crippen molar-refractivity contribution in [1.29, 1.82) is 0 Å². The molecule has 8 nitrogen and oxygen atoms in total. The summed E-state index contributed by atoms with van der Waals surface area (Å²) in [6.07, 6.45) is -0.250. The van der Waals surface area contributed by atoms with Crippen LogP contribution in [0.1, 0.15) is 36.3 Å². The van der Waals surface area contributed by atoms with Crippen LogP contribution in [0.2, 0.25) is 0 Å². The van der Waals surface area contributed by atoms with Crippen molar-refractivity contribution in [3.63, 3.8) is 0 Å². The Morgan fingerprint density at radius 3 is 2.30 bits per heavy atom. The molecule has 4 N–H and O–H groups in total. The molecule has 4 atom stereocenters. The molecule has 5 rings (SSSR count). The lowest BCUT2D eigenvalue weighted by Gasteiger charge is -2.19. The van der Waals surface area contributed by atoms with E-state index in [2.05, 4.69) is 34.9 Å². The van der Waals surface area contributed by atoms with E-state index < -0.39 is 23.6 Å². The molecule has 2 fully saturated rings. The van der Waals surface area contributed by atoms with Crippen LogP contribution >= 0.6 is 0 Å². The first-order valence-electron chi connectivity index (χ1n) is 11.2. The summed E-state index contributed by atoms with van der Waals surface area (Å²) in [5.41, 5.74) is 4.04. The molecule has 0 aliphatic heterocycles. The van der Waals surface area contributed by atoms with Crippen LogP contribution in [0, 0.1) is 11.3 Å². The van der Waals surface area contributed by atoms with Crippen LogP contribution in [-0.2, 0) is 14.3 Å². The average molecular weight is 450 g/mol. The second-order valence-corrected chi connectivity index (χ2v) is 9.23. The van der Waals surface area contributed by atoms with E-state index in [0.717, 1.165) is 11.1 Å². The number of carboxylic acids is 1. The number of fused-ring (bicyclic) bond motifs is 4. The Kier molecular flexibility index (Phi) is 5.32. The molecule has 2 saturated carbocycles. The van der Waals surface area contributed by atoms with Gasteiger partial charge in [-0.3, -0.25) is 4.79 Å². The maximum atomic E-state index is 12.5. The fourth-order valence-corrected chi connectivity index (χ4v) is 5.55. The number of rotatable bonds is 7. The molecule has 0 spiro atoms. The van der Waals surface area contributed by atoms with Crippen LogP contribution in [0.15, 0.2) is 48.5 Å². The fraction of sp³-hybridized carbons (Fsp3) is 0.400. The van der Waals surface area contributed by atoms with Gasteiger partial charge in [0.15, 0.2) is 6.10 Å². The van der Waals surface area contributed by atoms with E-state index in [1.54, 1.807) is 0 Å². The number of carboxylic acid groups (broad SMARTS) is 1. The maximum absolute atomic E-state index is 12.5. The molecule has 8 heteroatoms. The van der Waals surface area contributed by atoms with Crippen molar-refractivity contribution >= 4 is 18.0 Å². The number of hydrogen-bond donors (Lipinski definition) is 4. The molecule has 0 aromatic heterocycles. The van der Waals surface area contributed by atoms with E-state index in [1.807, 2.05) is 24.3 Å². The van der Waals surface area contributed by atoms with Gasteiger partial charge in [-0.05, 0) is 47.4 Å². The zero-order valence-corrected chi connectivity index (χ0v) is 18.0.